The maximum Gasteiger partial charge on any atom is 0.410 e. The summed E-state index contributed by atoms with van der Waals surface area (Å²) in [6.45, 7) is 6.83. The highest BCUT2D eigenvalue weighted by molar-refractivity contribution is 5.92. The van der Waals surface area contributed by atoms with E-state index in [2.05, 4.69) is 21.2 Å². The van der Waals surface area contributed by atoms with Gasteiger partial charge in [-0.25, -0.2) is 9.78 Å². The molecule has 9 nitrogen and oxygen atoms in total. The number of likely N-dealkylation sites (tertiary alicyclic amines) is 1. The van der Waals surface area contributed by atoms with Crippen LogP contribution in [-0.2, 0) is 4.74 Å². The smallest absolute Gasteiger partial charge is 0.410 e. The molecule has 166 valence electrons. The second kappa shape index (κ2) is 9.16. The fourth-order valence-electron chi connectivity index (χ4n) is 3.44. The number of nitrogens with two attached hydrogens (primary N) is 1. The van der Waals surface area contributed by atoms with Gasteiger partial charge in [-0.3, -0.25) is 0 Å². The van der Waals surface area contributed by atoms with Crippen molar-refractivity contribution >= 4 is 28.8 Å². The molecule has 0 spiro atoms. The largest absolute Gasteiger partial charge is 0.493 e. The Balaban J connectivity index is 1.85. The van der Waals surface area contributed by atoms with Gasteiger partial charge in [-0.2, -0.15) is 4.98 Å². The first kappa shape index (κ1) is 22.3. The third-order valence-corrected chi connectivity index (χ3v) is 4.72. The SMILES string of the molecule is C#CCOc1cc2nc(N)nc(NC3CCCN(C(=O)OC(C)(C)C)C3)c2cc1OC. The summed E-state index contributed by atoms with van der Waals surface area (Å²) in [7, 11) is 1.55. The Labute approximate surface area is 182 Å². The van der Waals surface area contributed by atoms with E-state index in [1.807, 2.05) is 20.8 Å². The molecule has 3 rings (SSSR count). The van der Waals surface area contributed by atoms with E-state index in [4.69, 9.17) is 26.4 Å². The average molecular weight is 428 g/mol. The zero-order valence-electron chi connectivity index (χ0n) is 18.4. The molecule has 1 amide bonds. The van der Waals surface area contributed by atoms with Crippen LogP contribution < -0.4 is 20.5 Å². The van der Waals surface area contributed by atoms with Crippen LogP contribution in [-0.4, -0.2) is 59.4 Å². The molecule has 1 aromatic heterocycles. The number of nitrogen functional groups attached to an aromatic ring is 1. The topological polar surface area (TPSA) is 112 Å². The summed E-state index contributed by atoms with van der Waals surface area (Å²) in [5.41, 5.74) is 6.01. The number of carbonyl (C=O) groups excluding carboxylic acids is 1. The number of fused-ring (bicyclic) bond motifs is 1. The molecule has 3 N–H and O–H groups in total. The van der Waals surface area contributed by atoms with Crippen molar-refractivity contribution in [1.29, 1.82) is 0 Å². The number of benzene rings is 1. The highest BCUT2D eigenvalue weighted by atomic mass is 16.6. The standard InChI is InChI=1S/C22H29N5O4/c1-6-10-30-18-12-16-15(11-17(18)29-5)19(26-20(23)25-16)24-14-8-7-9-27(13-14)21(28)31-22(2,3)4/h1,11-12,14H,7-10,13H2,2-5H3,(H3,23,24,25,26). The lowest BCUT2D eigenvalue weighted by Crippen LogP contribution is -2.47. The van der Waals surface area contributed by atoms with Gasteiger partial charge in [-0.15, -0.1) is 6.42 Å². The van der Waals surface area contributed by atoms with Gasteiger partial charge in [0.1, 0.15) is 18.0 Å². The number of piperidine rings is 1. The number of nitrogens with zero attached hydrogens (tertiary/aromatic N) is 3. The molecule has 1 saturated heterocycles. The van der Waals surface area contributed by atoms with E-state index in [1.54, 1.807) is 24.1 Å². The van der Waals surface area contributed by atoms with Crippen LogP contribution in [0, 0.1) is 12.3 Å². The van der Waals surface area contributed by atoms with Crippen LogP contribution in [0.25, 0.3) is 10.9 Å². The molecule has 1 aliphatic heterocycles. The third-order valence-electron chi connectivity index (χ3n) is 4.72. The number of terminal acetylenes is 1. The van der Waals surface area contributed by atoms with Crippen LogP contribution in [0.2, 0.25) is 0 Å². The van der Waals surface area contributed by atoms with Gasteiger partial charge in [-0.1, -0.05) is 5.92 Å². The number of nitrogens with one attached hydrogen (secondary N) is 1. The maximum atomic E-state index is 12.5. The molecule has 2 aromatic rings. The monoisotopic (exact) mass is 427 g/mol. The summed E-state index contributed by atoms with van der Waals surface area (Å²) >= 11 is 0. The van der Waals surface area contributed by atoms with Crippen molar-refractivity contribution in [1.82, 2.24) is 14.9 Å². The van der Waals surface area contributed by atoms with Crippen LogP contribution in [0.5, 0.6) is 11.5 Å². The molecule has 9 heteroatoms. The molecule has 1 aromatic carbocycles. The van der Waals surface area contributed by atoms with Crippen LogP contribution in [0.15, 0.2) is 12.1 Å². The van der Waals surface area contributed by atoms with E-state index in [9.17, 15) is 4.79 Å². The fraction of sp³-hybridized carbons (Fsp3) is 0.500. The molecule has 0 radical (unpaired) electrons. The van der Waals surface area contributed by atoms with E-state index in [1.165, 1.54) is 0 Å². The van der Waals surface area contributed by atoms with Crippen LogP contribution in [0.1, 0.15) is 33.6 Å². The van der Waals surface area contributed by atoms with Crippen molar-refractivity contribution in [2.75, 3.05) is 37.9 Å². The minimum atomic E-state index is -0.537. The van der Waals surface area contributed by atoms with Crippen LogP contribution in [0.4, 0.5) is 16.6 Å². The van der Waals surface area contributed by atoms with Gasteiger partial charge < -0.3 is 30.2 Å². The summed E-state index contributed by atoms with van der Waals surface area (Å²) < 4.78 is 16.5. The molecule has 0 saturated carbocycles. The quantitative estimate of drug-likeness (QED) is 0.701. The van der Waals surface area contributed by atoms with E-state index in [-0.39, 0.29) is 24.7 Å². The third kappa shape index (κ3) is 5.60. The number of aromatic nitrogens is 2. The maximum absolute atomic E-state index is 12.5. The Kier molecular flexibility index (Phi) is 6.59. The molecular weight excluding hydrogens is 398 g/mol. The Morgan fingerprint density at radius 2 is 2.13 bits per heavy atom. The summed E-state index contributed by atoms with van der Waals surface area (Å²) in [5, 5.41) is 4.15. The Morgan fingerprint density at radius 1 is 1.35 bits per heavy atom. The minimum Gasteiger partial charge on any atom is -0.493 e. The van der Waals surface area contributed by atoms with Gasteiger partial charge in [-0.05, 0) is 39.7 Å². The average Bonchev–Trinajstić information content (AvgIpc) is 2.70. The molecule has 1 atom stereocenters. The number of rotatable bonds is 5. The van der Waals surface area contributed by atoms with Crippen LogP contribution in [0.3, 0.4) is 0 Å². The van der Waals surface area contributed by atoms with E-state index < -0.39 is 5.60 Å². The van der Waals surface area contributed by atoms with Crippen molar-refractivity contribution in [3.63, 3.8) is 0 Å². The van der Waals surface area contributed by atoms with Gasteiger partial charge in [0.05, 0.1) is 12.6 Å². The number of carbonyl (C=O) groups is 1. The van der Waals surface area contributed by atoms with E-state index in [0.717, 1.165) is 18.2 Å². The molecular formula is C22H29N5O4. The molecule has 1 unspecified atom stereocenters. The summed E-state index contributed by atoms with van der Waals surface area (Å²) in [6.07, 6.45) is 6.70. The van der Waals surface area contributed by atoms with Crippen molar-refractivity contribution in [3.05, 3.63) is 12.1 Å². The number of hydrogen-bond donors (Lipinski definition) is 2. The van der Waals surface area contributed by atoms with Crippen LogP contribution >= 0.6 is 0 Å². The summed E-state index contributed by atoms with van der Waals surface area (Å²) in [5.74, 6) is 4.12. The normalized spacial score (nSPS) is 16.5. The lowest BCUT2D eigenvalue weighted by Gasteiger charge is -2.34. The predicted octanol–water partition coefficient (Wildman–Crippen LogP) is 3.04. The molecule has 0 aliphatic carbocycles. The van der Waals surface area contributed by atoms with Crippen molar-refractivity contribution < 1.29 is 19.0 Å². The molecule has 31 heavy (non-hydrogen) atoms. The highest BCUT2D eigenvalue weighted by Crippen LogP contribution is 2.35. The Hall–Kier alpha value is -3.41. The number of ether oxygens (including phenoxy) is 3. The first-order valence-electron chi connectivity index (χ1n) is 10.2. The lowest BCUT2D eigenvalue weighted by atomic mass is 10.1. The Morgan fingerprint density at radius 3 is 2.81 bits per heavy atom. The first-order valence-corrected chi connectivity index (χ1v) is 10.2. The van der Waals surface area contributed by atoms with Crippen molar-refractivity contribution in [2.24, 2.45) is 0 Å². The minimum absolute atomic E-state index is 0.0119. The molecule has 2 heterocycles. The zero-order valence-corrected chi connectivity index (χ0v) is 18.4. The second-order valence-electron chi connectivity index (χ2n) is 8.35. The van der Waals surface area contributed by atoms with Gasteiger partial charge in [0.15, 0.2) is 11.5 Å². The van der Waals surface area contributed by atoms with Crippen molar-refractivity contribution in [3.8, 4) is 23.8 Å². The molecule has 1 aliphatic rings. The van der Waals surface area contributed by atoms with Gasteiger partial charge in [0.2, 0.25) is 5.95 Å². The number of hydrogen-bond acceptors (Lipinski definition) is 8. The van der Waals surface area contributed by atoms with Crippen molar-refractivity contribution in [2.45, 2.75) is 45.3 Å². The summed E-state index contributed by atoms with van der Waals surface area (Å²) in [6, 6.07) is 3.50. The highest BCUT2D eigenvalue weighted by Gasteiger charge is 2.28. The fourth-order valence-corrected chi connectivity index (χ4v) is 3.44. The molecule has 1 fully saturated rings. The summed E-state index contributed by atoms with van der Waals surface area (Å²) in [4.78, 5) is 22.9. The predicted molar refractivity (Wildman–Crippen MR) is 119 cm³/mol. The zero-order chi connectivity index (χ0) is 22.6. The Bertz CT molecular complexity index is 996. The van der Waals surface area contributed by atoms with Gasteiger partial charge >= 0.3 is 6.09 Å². The number of anilines is 2. The molecule has 0 bridgehead atoms. The van der Waals surface area contributed by atoms with Gasteiger partial charge in [0.25, 0.3) is 0 Å². The van der Waals surface area contributed by atoms with Gasteiger partial charge in [0, 0.05) is 30.6 Å². The lowest BCUT2D eigenvalue weighted by molar-refractivity contribution is 0.0206. The van der Waals surface area contributed by atoms with E-state index in [0.29, 0.717) is 35.9 Å². The number of methoxy groups -OCH3 is 1. The first-order chi connectivity index (χ1) is 14.7. The number of amides is 1. The second-order valence-corrected chi connectivity index (χ2v) is 8.35. The van der Waals surface area contributed by atoms with E-state index >= 15 is 0 Å².